The van der Waals surface area contributed by atoms with Crippen molar-refractivity contribution in [2.75, 3.05) is 11.5 Å². The van der Waals surface area contributed by atoms with Crippen LogP contribution in [0.5, 0.6) is 5.75 Å². The number of aryl methyl sites for hydroxylation is 1. The van der Waals surface area contributed by atoms with E-state index in [1.165, 1.54) is 0 Å². The summed E-state index contributed by atoms with van der Waals surface area (Å²) in [7, 11) is 0. The summed E-state index contributed by atoms with van der Waals surface area (Å²) in [6, 6.07) is 10.1. The van der Waals surface area contributed by atoms with Gasteiger partial charge < -0.3 is 16.6 Å². The van der Waals surface area contributed by atoms with Crippen molar-refractivity contribution in [3.63, 3.8) is 0 Å². The van der Waals surface area contributed by atoms with Crippen molar-refractivity contribution in [3.05, 3.63) is 42.0 Å². The maximum Gasteiger partial charge on any atom is 0.118 e. The van der Waals surface area contributed by atoms with Gasteiger partial charge in [-0.1, -0.05) is 0 Å². The first-order valence-electron chi connectivity index (χ1n) is 5.42. The number of nitrogen functional groups attached to an aromatic ring is 2. The Morgan fingerprint density at radius 1 is 1.00 bits per heavy atom. The number of phenols is 1. The lowest BCUT2D eigenvalue weighted by Gasteiger charge is -2.01. The molecule has 2 aromatic rings. The van der Waals surface area contributed by atoms with Crippen molar-refractivity contribution in [1.82, 2.24) is 0 Å². The van der Waals surface area contributed by atoms with Crippen molar-refractivity contribution >= 4 is 22.7 Å². The number of nitrogens with zero attached hydrogens (tertiary/aromatic N) is 2. The van der Waals surface area contributed by atoms with Crippen LogP contribution in [0, 0.1) is 6.92 Å². The van der Waals surface area contributed by atoms with Gasteiger partial charge in [0.2, 0.25) is 0 Å². The summed E-state index contributed by atoms with van der Waals surface area (Å²) in [4.78, 5) is 0. The average molecular weight is 242 g/mol. The Labute approximate surface area is 105 Å². The smallest absolute Gasteiger partial charge is 0.118 e. The normalized spacial score (nSPS) is 10.9. The van der Waals surface area contributed by atoms with Crippen molar-refractivity contribution in [2.45, 2.75) is 6.92 Å². The van der Waals surface area contributed by atoms with Crippen LogP contribution in [0.4, 0.5) is 22.7 Å². The van der Waals surface area contributed by atoms with Crippen LogP contribution in [0.3, 0.4) is 0 Å². The summed E-state index contributed by atoms with van der Waals surface area (Å²) in [5.41, 5.74) is 14.4. The highest BCUT2D eigenvalue weighted by molar-refractivity contribution is 5.67. The molecule has 5 nitrogen and oxygen atoms in total. The number of aromatic hydroxyl groups is 1. The van der Waals surface area contributed by atoms with Gasteiger partial charge in [-0.25, -0.2) is 0 Å². The van der Waals surface area contributed by atoms with E-state index in [1.54, 1.807) is 43.3 Å². The van der Waals surface area contributed by atoms with E-state index >= 15 is 0 Å². The Bertz CT molecular complexity index is 608. The summed E-state index contributed by atoms with van der Waals surface area (Å²) in [5.74, 6) is 0.237. The van der Waals surface area contributed by atoms with Crippen LogP contribution >= 0.6 is 0 Å². The molecule has 0 aliphatic rings. The minimum Gasteiger partial charge on any atom is -0.508 e. The molecule has 18 heavy (non-hydrogen) atoms. The van der Waals surface area contributed by atoms with Crippen LogP contribution in [-0.4, -0.2) is 5.11 Å². The number of hydrogen-bond acceptors (Lipinski definition) is 5. The number of benzene rings is 2. The van der Waals surface area contributed by atoms with E-state index in [-0.39, 0.29) is 5.75 Å². The summed E-state index contributed by atoms with van der Waals surface area (Å²) < 4.78 is 0. The molecule has 0 radical (unpaired) electrons. The molecule has 5 heteroatoms. The minimum absolute atomic E-state index is 0.237. The molecule has 5 N–H and O–H groups in total. The lowest BCUT2D eigenvalue weighted by Crippen LogP contribution is -1.89. The second kappa shape index (κ2) is 4.75. The fourth-order valence-corrected chi connectivity index (χ4v) is 1.48. The highest BCUT2D eigenvalue weighted by Gasteiger charge is 1.99. The molecule has 2 rings (SSSR count). The second-order valence-corrected chi connectivity index (χ2v) is 3.99. The van der Waals surface area contributed by atoms with E-state index < -0.39 is 0 Å². The maximum absolute atomic E-state index is 9.40. The molecule has 0 amide bonds. The van der Waals surface area contributed by atoms with Crippen LogP contribution < -0.4 is 11.5 Å². The Balaban J connectivity index is 2.27. The van der Waals surface area contributed by atoms with Crippen molar-refractivity contribution < 1.29 is 5.11 Å². The van der Waals surface area contributed by atoms with Crippen LogP contribution in [0.2, 0.25) is 0 Å². The fraction of sp³-hybridized carbons (Fsp3) is 0.0769. The summed E-state index contributed by atoms with van der Waals surface area (Å²) in [5, 5.41) is 17.5. The molecule has 0 heterocycles. The summed E-state index contributed by atoms with van der Waals surface area (Å²) in [6.07, 6.45) is 0. The van der Waals surface area contributed by atoms with Crippen LogP contribution in [-0.2, 0) is 0 Å². The first-order chi connectivity index (χ1) is 8.56. The molecule has 0 saturated carbocycles. The predicted octanol–water partition coefficient (Wildman–Crippen LogP) is 3.28. The quantitative estimate of drug-likeness (QED) is 0.556. The Hall–Kier alpha value is -2.56. The van der Waals surface area contributed by atoms with Gasteiger partial charge in [-0.05, 0) is 48.9 Å². The van der Waals surface area contributed by atoms with Gasteiger partial charge in [0.05, 0.1) is 11.4 Å². The van der Waals surface area contributed by atoms with Crippen molar-refractivity contribution in [1.29, 1.82) is 0 Å². The van der Waals surface area contributed by atoms with Crippen LogP contribution in [0.1, 0.15) is 5.56 Å². The predicted molar refractivity (Wildman–Crippen MR) is 72.3 cm³/mol. The highest BCUT2D eigenvalue weighted by atomic mass is 16.3. The third-order valence-electron chi connectivity index (χ3n) is 2.51. The third-order valence-corrected chi connectivity index (χ3v) is 2.51. The highest BCUT2D eigenvalue weighted by Crippen LogP contribution is 2.28. The average Bonchev–Trinajstić information content (AvgIpc) is 2.32. The van der Waals surface area contributed by atoms with Gasteiger partial charge in [-0.3, -0.25) is 0 Å². The van der Waals surface area contributed by atoms with E-state index in [1.807, 2.05) is 0 Å². The van der Waals surface area contributed by atoms with E-state index in [9.17, 15) is 5.11 Å². The molecule has 0 fully saturated rings. The Morgan fingerprint density at radius 3 is 2.44 bits per heavy atom. The van der Waals surface area contributed by atoms with Crippen molar-refractivity contribution in [2.24, 2.45) is 10.2 Å². The zero-order valence-electron chi connectivity index (χ0n) is 9.96. The van der Waals surface area contributed by atoms with Crippen molar-refractivity contribution in [3.8, 4) is 5.75 Å². The molecule has 0 aromatic heterocycles. The molecule has 92 valence electrons. The molecular formula is C13H14N4O. The molecule has 0 saturated heterocycles. The molecule has 0 bridgehead atoms. The van der Waals surface area contributed by atoms with Gasteiger partial charge in [-0.2, -0.15) is 5.11 Å². The van der Waals surface area contributed by atoms with E-state index in [0.29, 0.717) is 22.7 Å². The maximum atomic E-state index is 9.40. The Morgan fingerprint density at radius 2 is 1.78 bits per heavy atom. The van der Waals surface area contributed by atoms with Gasteiger partial charge >= 0.3 is 0 Å². The molecule has 0 aliphatic carbocycles. The fourth-order valence-electron chi connectivity index (χ4n) is 1.48. The van der Waals surface area contributed by atoms with Gasteiger partial charge in [0.1, 0.15) is 11.4 Å². The molecular weight excluding hydrogens is 228 g/mol. The summed E-state index contributed by atoms with van der Waals surface area (Å²) >= 11 is 0. The van der Waals surface area contributed by atoms with Gasteiger partial charge in [0.25, 0.3) is 0 Å². The van der Waals surface area contributed by atoms with Gasteiger partial charge in [0.15, 0.2) is 0 Å². The topological polar surface area (TPSA) is 97.0 Å². The van der Waals surface area contributed by atoms with E-state index in [0.717, 1.165) is 5.56 Å². The summed E-state index contributed by atoms with van der Waals surface area (Å²) in [6.45, 7) is 1.80. The number of azo groups is 1. The monoisotopic (exact) mass is 242 g/mol. The molecule has 0 unspecified atom stereocenters. The minimum atomic E-state index is 0.237. The number of rotatable bonds is 2. The first kappa shape index (κ1) is 11.9. The lowest BCUT2D eigenvalue weighted by molar-refractivity contribution is 0.471. The molecule has 0 aliphatic heterocycles. The SMILES string of the molecule is Cc1cc(/N=N/c2ccc(N)cc2N)ccc1O. The van der Waals surface area contributed by atoms with Gasteiger partial charge in [-0.15, -0.1) is 5.11 Å². The van der Waals surface area contributed by atoms with E-state index in [4.69, 9.17) is 11.5 Å². The number of hydrogen-bond donors (Lipinski definition) is 3. The first-order valence-corrected chi connectivity index (χ1v) is 5.42. The number of phenolic OH excluding ortho intramolecular Hbond substituents is 1. The van der Waals surface area contributed by atoms with E-state index in [2.05, 4.69) is 10.2 Å². The zero-order valence-corrected chi connectivity index (χ0v) is 9.96. The van der Waals surface area contributed by atoms with Crippen LogP contribution in [0.15, 0.2) is 46.6 Å². The number of anilines is 2. The largest absolute Gasteiger partial charge is 0.508 e. The Kier molecular flexibility index (Phi) is 3.14. The molecule has 0 spiro atoms. The van der Waals surface area contributed by atoms with Crippen LogP contribution in [0.25, 0.3) is 0 Å². The van der Waals surface area contributed by atoms with Gasteiger partial charge in [0, 0.05) is 5.69 Å². The third kappa shape index (κ3) is 2.57. The zero-order chi connectivity index (χ0) is 13.1. The molecule has 2 aromatic carbocycles. The number of nitrogens with two attached hydrogens (primary N) is 2. The second-order valence-electron chi connectivity index (χ2n) is 3.99. The lowest BCUT2D eigenvalue weighted by atomic mass is 10.2. The molecule has 0 atom stereocenters. The standard InChI is InChI=1S/C13H14N4O/c1-8-6-10(3-5-13(8)18)16-17-12-4-2-9(14)7-11(12)15/h2-7,18H,14-15H2,1H3/b17-16+.